The van der Waals surface area contributed by atoms with Gasteiger partial charge in [0.15, 0.2) is 8.32 Å². The zero-order chi connectivity index (χ0) is 13.9. The maximum absolute atomic E-state index is 12.0. The molecular weight excluding hydrogens is 247 g/mol. The van der Waals surface area contributed by atoms with E-state index >= 15 is 0 Å². The lowest BCUT2D eigenvalue weighted by Crippen LogP contribution is -2.44. The Morgan fingerprint density at radius 2 is 1.65 bits per heavy atom. The highest BCUT2D eigenvalue weighted by Gasteiger charge is 2.37. The number of rotatable bonds is 5. The second kappa shape index (κ2) is 5.71. The van der Waals surface area contributed by atoms with Gasteiger partial charge in [0.25, 0.3) is 0 Å². The Bertz CT molecular complexity index is 236. The first-order valence-corrected chi connectivity index (χ1v) is 8.72. The van der Waals surface area contributed by atoms with E-state index < -0.39 is 27.0 Å². The van der Waals surface area contributed by atoms with Crippen molar-refractivity contribution in [2.75, 3.05) is 6.61 Å². The van der Waals surface area contributed by atoms with Gasteiger partial charge in [0.1, 0.15) is 0 Å². The van der Waals surface area contributed by atoms with Crippen molar-refractivity contribution in [2.24, 2.45) is 5.73 Å². The maximum atomic E-state index is 12.0. The Morgan fingerprint density at radius 3 is 2.00 bits per heavy atom. The second-order valence-electron chi connectivity index (χ2n) is 5.99. The van der Waals surface area contributed by atoms with Gasteiger partial charge in [-0.25, -0.2) is 0 Å². The molecule has 0 amide bonds. The number of hydrogen-bond donors (Lipinski definition) is 1. The van der Waals surface area contributed by atoms with E-state index in [4.69, 9.17) is 10.2 Å². The molecule has 0 aromatic rings. The molecule has 0 aromatic heterocycles. The van der Waals surface area contributed by atoms with Crippen molar-refractivity contribution in [3.63, 3.8) is 0 Å². The highest BCUT2D eigenvalue weighted by molar-refractivity contribution is 6.74. The lowest BCUT2D eigenvalue weighted by atomic mass is 10.2. The molecule has 0 aliphatic heterocycles. The highest BCUT2D eigenvalue weighted by Crippen LogP contribution is 2.36. The van der Waals surface area contributed by atoms with Crippen molar-refractivity contribution in [1.29, 1.82) is 0 Å². The van der Waals surface area contributed by atoms with Gasteiger partial charge in [0.2, 0.25) is 0 Å². The van der Waals surface area contributed by atoms with E-state index in [2.05, 4.69) is 33.9 Å². The molecule has 0 aliphatic rings. The number of halogens is 3. The first-order chi connectivity index (χ1) is 7.35. The molecule has 17 heavy (non-hydrogen) atoms. The minimum atomic E-state index is -4.13. The SMILES string of the molecule is CC(C)(C)[Si](C)(C)OCC(N)CCC(F)(F)F. The van der Waals surface area contributed by atoms with Gasteiger partial charge in [-0.3, -0.25) is 0 Å². The molecule has 0 fully saturated rings. The third kappa shape index (κ3) is 7.05. The summed E-state index contributed by atoms with van der Waals surface area (Å²) >= 11 is 0. The molecule has 0 heterocycles. The molecule has 0 bridgehead atoms. The summed E-state index contributed by atoms with van der Waals surface area (Å²) < 4.78 is 41.7. The Hall–Kier alpha value is -0.0731. The average Bonchev–Trinajstić information content (AvgIpc) is 2.08. The van der Waals surface area contributed by atoms with Gasteiger partial charge in [0, 0.05) is 19.1 Å². The zero-order valence-corrected chi connectivity index (χ0v) is 12.3. The van der Waals surface area contributed by atoms with Crippen LogP contribution in [0, 0.1) is 0 Å². The minimum Gasteiger partial charge on any atom is -0.415 e. The van der Waals surface area contributed by atoms with Crippen LogP contribution in [0.2, 0.25) is 18.1 Å². The van der Waals surface area contributed by atoms with E-state index in [1.54, 1.807) is 0 Å². The summed E-state index contributed by atoms with van der Waals surface area (Å²) in [5.41, 5.74) is 5.63. The molecule has 0 spiro atoms. The zero-order valence-electron chi connectivity index (χ0n) is 11.3. The summed E-state index contributed by atoms with van der Waals surface area (Å²) in [6.07, 6.45) is -5.04. The fourth-order valence-corrected chi connectivity index (χ4v) is 2.03. The predicted octanol–water partition coefficient (Wildman–Crippen LogP) is 3.68. The van der Waals surface area contributed by atoms with Gasteiger partial charge >= 0.3 is 6.18 Å². The van der Waals surface area contributed by atoms with E-state index in [-0.39, 0.29) is 18.1 Å². The number of hydrogen-bond acceptors (Lipinski definition) is 2. The van der Waals surface area contributed by atoms with Crippen molar-refractivity contribution in [3.8, 4) is 0 Å². The topological polar surface area (TPSA) is 35.2 Å². The van der Waals surface area contributed by atoms with E-state index in [9.17, 15) is 13.2 Å². The molecule has 0 radical (unpaired) electrons. The molecule has 0 rings (SSSR count). The molecule has 0 saturated carbocycles. The average molecular weight is 271 g/mol. The van der Waals surface area contributed by atoms with Crippen molar-refractivity contribution < 1.29 is 17.6 Å². The third-order valence-electron chi connectivity index (χ3n) is 3.26. The van der Waals surface area contributed by atoms with Crippen LogP contribution in [0.1, 0.15) is 33.6 Å². The van der Waals surface area contributed by atoms with Crippen LogP contribution < -0.4 is 5.73 Å². The van der Waals surface area contributed by atoms with Crippen LogP contribution in [0.25, 0.3) is 0 Å². The highest BCUT2D eigenvalue weighted by atomic mass is 28.4. The van der Waals surface area contributed by atoms with Crippen LogP contribution in [-0.2, 0) is 4.43 Å². The molecule has 2 nitrogen and oxygen atoms in total. The van der Waals surface area contributed by atoms with Crippen molar-refractivity contribution in [1.82, 2.24) is 0 Å². The van der Waals surface area contributed by atoms with Crippen LogP contribution >= 0.6 is 0 Å². The maximum Gasteiger partial charge on any atom is 0.389 e. The second-order valence-corrected chi connectivity index (χ2v) is 10.8. The van der Waals surface area contributed by atoms with E-state index in [0.717, 1.165) is 0 Å². The van der Waals surface area contributed by atoms with Crippen LogP contribution in [0.15, 0.2) is 0 Å². The van der Waals surface area contributed by atoms with Gasteiger partial charge in [-0.1, -0.05) is 20.8 Å². The molecule has 0 aromatic carbocycles. The largest absolute Gasteiger partial charge is 0.415 e. The van der Waals surface area contributed by atoms with Gasteiger partial charge in [-0.2, -0.15) is 13.2 Å². The van der Waals surface area contributed by atoms with Crippen LogP contribution in [0.3, 0.4) is 0 Å². The van der Waals surface area contributed by atoms with E-state index in [1.165, 1.54) is 0 Å². The van der Waals surface area contributed by atoms with Gasteiger partial charge in [-0.05, 0) is 24.6 Å². The molecule has 104 valence electrons. The van der Waals surface area contributed by atoms with Gasteiger partial charge in [-0.15, -0.1) is 0 Å². The Morgan fingerprint density at radius 1 is 1.18 bits per heavy atom. The fraction of sp³-hybridized carbons (Fsp3) is 1.00. The van der Waals surface area contributed by atoms with Gasteiger partial charge < -0.3 is 10.2 Å². The molecule has 1 atom stereocenters. The monoisotopic (exact) mass is 271 g/mol. The van der Waals surface area contributed by atoms with E-state index in [1.807, 2.05) is 0 Å². The molecule has 0 aliphatic carbocycles. The number of alkyl halides is 3. The standard InChI is InChI=1S/C11H24F3NOSi/c1-10(2,3)17(4,5)16-8-9(15)6-7-11(12,13)14/h9H,6-8,15H2,1-5H3. The Balaban J connectivity index is 4.04. The molecular formula is C11H24F3NOSi. The summed E-state index contributed by atoms with van der Waals surface area (Å²) in [4.78, 5) is 0. The minimum absolute atomic E-state index is 0.0523. The Kier molecular flexibility index (Phi) is 5.69. The van der Waals surface area contributed by atoms with Crippen molar-refractivity contribution in [3.05, 3.63) is 0 Å². The normalized spacial score (nSPS) is 16.1. The summed E-state index contributed by atoms with van der Waals surface area (Å²) in [7, 11) is -1.90. The summed E-state index contributed by atoms with van der Waals surface area (Å²) in [6, 6.07) is -0.536. The first kappa shape index (κ1) is 16.9. The summed E-state index contributed by atoms with van der Waals surface area (Å²) in [5, 5.41) is 0.0523. The third-order valence-corrected chi connectivity index (χ3v) is 7.76. The lowest BCUT2D eigenvalue weighted by molar-refractivity contribution is -0.136. The van der Waals surface area contributed by atoms with Crippen LogP contribution in [0.4, 0.5) is 13.2 Å². The molecule has 2 N–H and O–H groups in total. The van der Waals surface area contributed by atoms with E-state index in [0.29, 0.717) is 0 Å². The lowest BCUT2D eigenvalue weighted by Gasteiger charge is -2.37. The fourth-order valence-electron chi connectivity index (χ4n) is 0.964. The Labute approximate surface area is 103 Å². The number of nitrogens with two attached hydrogens (primary N) is 1. The van der Waals surface area contributed by atoms with Crippen molar-refractivity contribution in [2.45, 2.75) is 64.0 Å². The van der Waals surface area contributed by atoms with Crippen molar-refractivity contribution >= 4 is 8.32 Å². The predicted molar refractivity (Wildman–Crippen MR) is 66.4 cm³/mol. The molecule has 6 heteroatoms. The summed E-state index contributed by atoms with van der Waals surface area (Å²) in [6.45, 7) is 10.6. The summed E-state index contributed by atoms with van der Waals surface area (Å²) in [5.74, 6) is 0. The quantitative estimate of drug-likeness (QED) is 0.774. The molecule has 1 unspecified atom stereocenters. The van der Waals surface area contributed by atoms with Crippen LogP contribution in [0.5, 0.6) is 0 Å². The smallest absolute Gasteiger partial charge is 0.389 e. The molecule has 0 saturated heterocycles. The van der Waals surface area contributed by atoms with Gasteiger partial charge in [0.05, 0.1) is 0 Å². The first-order valence-electron chi connectivity index (χ1n) is 5.81. The van der Waals surface area contributed by atoms with Crippen LogP contribution in [-0.4, -0.2) is 27.1 Å².